The Bertz CT molecular complexity index is 380. The summed E-state index contributed by atoms with van der Waals surface area (Å²) in [5, 5.41) is 22.8. The van der Waals surface area contributed by atoms with Crippen LogP contribution < -0.4 is 10.6 Å². The number of carboxylic acid groups (broad SMARTS) is 2. The van der Waals surface area contributed by atoms with Gasteiger partial charge in [-0.05, 0) is 38.5 Å². The number of carboxylic acids is 2. The quantitative estimate of drug-likeness (QED) is 0.543. The maximum absolute atomic E-state index is 11.8. The van der Waals surface area contributed by atoms with Crippen molar-refractivity contribution in [2.75, 3.05) is 0 Å². The van der Waals surface area contributed by atoms with Gasteiger partial charge in [-0.25, -0.2) is 9.59 Å². The van der Waals surface area contributed by atoms with Crippen LogP contribution in [0.5, 0.6) is 0 Å². The van der Waals surface area contributed by atoms with Crippen molar-refractivity contribution in [3.63, 3.8) is 0 Å². The number of carbonyl (C=O) groups is 3. The second-order valence-corrected chi connectivity index (χ2v) is 5.63. The van der Waals surface area contributed by atoms with E-state index in [4.69, 9.17) is 10.2 Å². The lowest BCUT2D eigenvalue weighted by Crippen LogP contribution is -2.49. The first-order chi connectivity index (χ1) is 9.90. The lowest BCUT2D eigenvalue weighted by Gasteiger charge is -2.22. The number of urea groups is 1. The first kappa shape index (κ1) is 17.3. The summed E-state index contributed by atoms with van der Waals surface area (Å²) in [7, 11) is 0. The molecule has 120 valence electrons. The van der Waals surface area contributed by atoms with Gasteiger partial charge in [-0.1, -0.05) is 12.8 Å². The van der Waals surface area contributed by atoms with Crippen molar-refractivity contribution in [2.24, 2.45) is 5.92 Å². The number of rotatable bonds is 8. The molecule has 21 heavy (non-hydrogen) atoms. The average molecular weight is 300 g/mol. The Morgan fingerprint density at radius 3 is 2.29 bits per heavy atom. The summed E-state index contributed by atoms with van der Waals surface area (Å²) in [6, 6.07) is -1.54. The second-order valence-electron chi connectivity index (χ2n) is 5.63. The van der Waals surface area contributed by atoms with Crippen molar-refractivity contribution in [1.82, 2.24) is 10.6 Å². The molecule has 7 heteroatoms. The van der Waals surface area contributed by atoms with Crippen LogP contribution in [0, 0.1) is 5.92 Å². The SMILES string of the molecule is CC(NC(=O)N[C@H](CCCC(=O)O)C(=O)O)C1CCCC1. The van der Waals surface area contributed by atoms with Crippen LogP contribution in [0.3, 0.4) is 0 Å². The summed E-state index contributed by atoms with van der Waals surface area (Å²) >= 11 is 0. The molecule has 2 amide bonds. The van der Waals surface area contributed by atoms with Crippen LogP contribution in [-0.2, 0) is 9.59 Å². The van der Waals surface area contributed by atoms with Crippen LogP contribution in [0.25, 0.3) is 0 Å². The van der Waals surface area contributed by atoms with Gasteiger partial charge in [0.25, 0.3) is 0 Å². The predicted octanol–water partition coefficient (Wildman–Crippen LogP) is 1.57. The highest BCUT2D eigenvalue weighted by Gasteiger charge is 2.25. The van der Waals surface area contributed by atoms with Gasteiger partial charge in [0.1, 0.15) is 6.04 Å². The molecule has 0 saturated heterocycles. The standard InChI is InChI=1S/C14H24N2O5/c1-9(10-5-2-3-6-10)15-14(21)16-11(13(19)20)7-4-8-12(17)18/h9-11H,2-8H2,1H3,(H,17,18)(H,19,20)(H2,15,16,21)/t9?,11-/m1/s1. The molecule has 1 aliphatic carbocycles. The minimum Gasteiger partial charge on any atom is -0.481 e. The highest BCUT2D eigenvalue weighted by Crippen LogP contribution is 2.27. The van der Waals surface area contributed by atoms with Gasteiger partial charge in [-0.3, -0.25) is 4.79 Å². The minimum absolute atomic E-state index is 0.0148. The molecule has 0 aliphatic heterocycles. The zero-order valence-electron chi connectivity index (χ0n) is 12.3. The van der Waals surface area contributed by atoms with Gasteiger partial charge >= 0.3 is 18.0 Å². The molecule has 2 atom stereocenters. The van der Waals surface area contributed by atoms with Crippen LogP contribution in [0.15, 0.2) is 0 Å². The molecular formula is C14H24N2O5. The Labute approximate surface area is 124 Å². The third-order valence-corrected chi connectivity index (χ3v) is 3.95. The third kappa shape index (κ3) is 6.46. The smallest absolute Gasteiger partial charge is 0.326 e. The first-order valence-corrected chi connectivity index (χ1v) is 7.41. The zero-order valence-corrected chi connectivity index (χ0v) is 12.3. The molecule has 1 fully saturated rings. The minimum atomic E-state index is -1.15. The number of nitrogens with one attached hydrogen (secondary N) is 2. The van der Waals surface area contributed by atoms with Crippen LogP contribution >= 0.6 is 0 Å². The van der Waals surface area contributed by atoms with E-state index in [9.17, 15) is 14.4 Å². The van der Waals surface area contributed by atoms with Gasteiger partial charge in [0.05, 0.1) is 0 Å². The van der Waals surface area contributed by atoms with Gasteiger partial charge in [0.15, 0.2) is 0 Å². The Morgan fingerprint density at radius 2 is 1.76 bits per heavy atom. The summed E-state index contributed by atoms with van der Waals surface area (Å²) in [6.07, 6.45) is 4.73. The summed E-state index contributed by atoms with van der Waals surface area (Å²) < 4.78 is 0. The lowest BCUT2D eigenvalue weighted by molar-refractivity contribution is -0.140. The Balaban J connectivity index is 2.37. The highest BCUT2D eigenvalue weighted by molar-refractivity contribution is 5.82. The second kappa shape index (κ2) is 8.49. The van der Waals surface area contributed by atoms with Crippen molar-refractivity contribution in [1.29, 1.82) is 0 Å². The number of carbonyl (C=O) groups excluding carboxylic acids is 1. The zero-order chi connectivity index (χ0) is 15.8. The molecule has 1 aliphatic rings. The Kier molecular flexibility index (Phi) is 6.98. The fourth-order valence-corrected chi connectivity index (χ4v) is 2.70. The van der Waals surface area contributed by atoms with Crippen LogP contribution in [-0.4, -0.2) is 40.3 Å². The van der Waals surface area contributed by atoms with E-state index in [0.717, 1.165) is 12.8 Å². The van der Waals surface area contributed by atoms with Gasteiger partial charge in [0.2, 0.25) is 0 Å². The third-order valence-electron chi connectivity index (χ3n) is 3.95. The summed E-state index contributed by atoms with van der Waals surface area (Å²) in [4.78, 5) is 33.3. The van der Waals surface area contributed by atoms with E-state index in [0.29, 0.717) is 5.92 Å². The number of amides is 2. The molecule has 0 aromatic heterocycles. The van der Waals surface area contributed by atoms with Crippen LogP contribution in [0.4, 0.5) is 4.79 Å². The Hall–Kier alpha value is -1.79. The highest BCUT2D eigenvalue weighted by atomic mass is 16.4. The van der Waals surface area contributed by atoms with E-state index < -0.39 is 24.0 Å². The molecule has 0 bridgehead atoms. The van der Waals surface area contributed by atoms with Crippen molar-refractivity contribution in [3.05, 3.63) is 0 Å². The van der Waals surface area contributed by atoms with Gasteiger partial charge < -0.3 is 20.8 Å². The molecule has 0 aromatic rings. The van der Waals surface area contributed by atoms with E-state index in [2.05, 4.69) is 10.6 Å². The molecule has 1 rings (SSSR count). The normalized spacial score (nSPS) is 18.0. The predicted molar refractivity (Wildman–Crippen MR) is 76.0 cm³/mol. The monoisotopic (exact) mass is 300 g/mol. The topological polar surface area (TPSA) is 116 Å². The van der Waals surface area contributed by atoms with Crippen molar-refractivity contribution in [3.8, 4) is 0 Å². The van der Waals surface area contributed by atoms with E-state index in [1.165, 1.54) is 12.8 Å². The van der Waals surface area contributed by atoms with Gasteiger partial charge in [-0.15, -0.1) is 0 Å². The molecule has 1 unspecified atom stereocenters. The van der Waals surface area contributed by atoms with Crippen molar-refractivity contribution >= 4 is 18.0 Å². The average Bonchev–Trinajstić information content (AvgIpc) is 2.90. The maximum atomic E-state index is 11.8. The van der Waals surface area contributed by atoms with E-state index in [1.54, 1.807) is 0 Å². The summed E-state index contributed by atoms with van der Waals surface area (Å²) in [5.41, 5.74) is 0. The molecule has 4 N–H and O–H groups in total. The molecule has 0 radical (unpaired) electrons. The molecule has 1 saturated carbocycles. The fourth-order valence-electron chi connectivity index (χ4n) is 2.70. The van der Waals surface area contributed by atoms with Gasteiger partial charge in [0, 0.05) is 12.5 Å². The molecule has 7 nitrogen and oxygen atoms in total. The molecule has 0 spiro atoms. The maximum Gasteiger partial charge on any atom is 0.326 e. The van der Waals surface area contributed by atoms with Crippen LogP contribution in [0.1, 0.15) is 51.9 Å². The number of aliphatic carboxylic acids is 2. The summed E-state index contributed by atoms with van der Waals surface area (Å²) in [5.74, 6) is -1.67. The Morgan fingerprint density at radius 1 is 1.14 bits per heavy atom. The lowest BCUT2D eigenvalue weighted by atomic mass is 10.00. The van der Waals surface area contributed by atoms with E-state index in [1.807, 2.05) is 6.92 Å². The van der Waals surface area contributed by atoms with E-state index >= 15 is 0 Å². The van der Waals surface area contributed by atoms with E-state index in [-0.39, 0.29) is 25.3 Å². The van der Waals surface area contributed by atoms with Crippen molar-refractivity contribution in [2.45, 2.75) is 64.0 Å². The van der Waals surface area contributed by atoms with Gasteiger partial charge in [-0.2, -0.15) is 0 Å². The molecule has 0 heterocycles. The summed E-state index contributed by atoms with van der Waals surface area (Å²) in [6.45, 7) is 1.93. The fraction of sp³-hybridized carbons (Fsp3) is 0.786. The number of hydrogen-bond donors (Lipinski definition) is 4. The first-order valence-electron chi connectivity index (χ1n) is 7.41. The largest absolute Gasteiger partial charge is 0.481 e. The molecule has 0 aromatic carbocycles. The van der Waals surface area contributed by atoms with Crippen molar-refractivity contribution < 1.29 is 24.6 Å². The number of hydrogen-bond acceptors (Lipinski definition) is 3. The molecular weight excluding hydrogens is 276 g/mol. The van der Waals surface area contributed by atoms with Crippen LogP contribution in [0.2, 0.25) is 0 Å².